The predicted molar refractivity (Wildman–Crippen MR) is 71.6 cm³/mol. The Morgan fingerprint density at radius 3 is 2.70 bits per heavy atom. The second-order valence-electron chi connectivity index (χ2n) is 5.85. The van der Waals surface area contributed by atoms with Crippen molar-refractivity contribution in [2.24, 2.45) is 11.8 Å². The second kappa shape index (κ2) is 5.40. The van der Waals surface area contributed by atoms with Gasteiger partial charge in [-0.05, 0) is 13.3 Å². The molecule has 0 amide bonds. The number of carbonyl (C=O) groups is 2. The third-order valence-electron chi connectivity index (χ3n) is 3.73. The van der Waals surface area contributed by atoms with Crippen LogP contribution in [-0.2, 0) is 19.1 Å². The number of hydrogen-bond acceptors (Lipinski definition) is 5. The minimum absolute atomic E-state index is 0.111. The summed E-state index contributed by atoms with van der Waals surface area (Å²) in [4.78, 5) is 22.5. The number of esters is 2. The van der Waals surface area contributed by atoms with Crippen LogP contribution in [-0.4, -0.2) is 35.4 Å². The number of carbonyl (C=O) groups excluding carboxylic acids is 2. The fraction of sp³-hybridized carbons (Fsp3) is 0.600. The van der Waals surface area contributed by atoms with Gasteiger partial charge in [-0.25, -0.2) is 4.79 Å². The average Bonchev–Trinajstić information content (AvgIpc) is 2.82. The van der Waals surface area contributed by atoms with E-state index in [2.05, 4.69) is 6.58 Å². The van der Waals surface area contributed by atoms with Crippen molar-refractivity contribution < 1.29 is 24.2 Å². The summed E-state index contributed by atoms with van der Waals surface area (Å²) >= 11 is 0. The first-order valence-corrected chi connectivity index (χ1v) is 6.76. The average molecular weight is 280 g/mol. The van der Waals surface area contributed by atoms with Crippen molar-refractivity contribution in [1.82, 2.24) is 0 Å². The molecule has 0 spiro atoms. The Kier molecular flexibility index (Phi) is 3.99. The smallest absolute Gasteiger partial charge is 0.334 e. The molecule has 0 aliphatic carbocycles. The summed E-state index contributed by atoms with van der Waals surface area (Å²) in [6.07, 6.45) is 4.06. The molecule has 0 aromatic heterocycles. The van der Waals surface area contributed by atoms with Gasteiger partial charge in [-0.15, -0.1) is 0 Å². The monoisotopic (exact) mass is 280 g/mol. The van der Waals surface area contributed by atoms with Crippen LogP contribution in [0.3, 0.4) is 0 Å². The van der Waals surface area contributed by atoms with Gasteiger partial charge in [0.15, 0.2) is 0 Å². The zero-order chi connectivity index (χ0) is 14.9. The Balaban J connectivity index is 1.92. The van der Waals surface area contributed by atoms with Gasteiger partial charge in [0.1, 0.15) is 12.7 Å². The topological polar surface area (TPSA) is 72.8 Å². The van der Waals surface area contributed by atoms with Crippen LogP contribution >= 0.6 is 0 Å². The minimum atomic E-state index is -1.10. The molecule has 2 rings (SSSR count). The molecule has 0 aromatic carbocycles. The van der Waals surface area contributed by atoms with Crippen molar-refractivity contribution in [3.63, 3.8) is 0 Å². The molecule has 2 heterocycles. The van der Waals surface area contributed by atoms with Crippen LogP contribution in [0.2, 0.25) is 0 Å². The molecular formula is C15H20O5. The van der Waals surface area contributed by atoms with E-state index in [9.17, 15) is 14.7 Å². The fourth-order valence-electron chi connectivity index (χ4n) is 2.48. The zero-order valence-corrected chi connectivity index (χ0v) is 11.8. The van der Waals surface area contributed by atoms with Gasteiger partial charge < -0.3 is 14.6 Å². The Morgan fingerprint density at radius 2 is 2.20 bits per heavy atom. The lowest BCUT2D eigenvalue weighted by Crippen LogP contribution is -2.28. The first-order chi connectivity index (χ1) is 9.28. The van der Waals surface area contributed by atoms with Crippen LogP contribution < -0.4 is 0 Å². The molecule has 110 valence electrons. The van der Waals surface area contributed by atoms with Crippen molar-refractivity contribution in [3.8, 4) is 0 Å². The van der Waals surface area contributed by atoms with Crippen molar-refractivity contribution >= 4 is 11.9 Å². The number of ether oxygens (including phenoxy) is 2. The number of rotatable bonds is 4. The summed E-state index contributed by atoms with van der Waals surface area (Å²) in [5.41, 5.74) is -0.695. The lowest BCUT2D eigenvalue weighted by molar-refractivity contribution is -0.145. The third-order valence-corrected chi connectivity index (χ3v) is 3.73. The third kappa shape index (κ3) is 3.28. The maximum absolute atomic E-state index is 11.3. The highest BCUT2D eigenvalue weighted by atomic mass is 16.6. The SMILES string of the molecule is C=C1C(=O)OC[C@@H]1/C=C/[C@@](C)(O)C[C@@H]1C[C@@H](C)C(=O)O1. The molecule has 2 aliphatic heterocycles. The standard InChI is InChI=1S/C15H20O5/c1-9-6-12(20-13(9)16)7-15(3,18)5-4-11-8-19-14(17)10(11)2/h4-5,9,11-12,18H,2,6-8H2,1,3H3/b5-4+/t9-,11+,12+,15-/m1/s1. The van der Waals surface area contributed by atoms with Crippen LogP contribution in [0.5, 0.6) is 0 Å². The summed E-state index contributed by atoms with van der Waals surface area (Å²) < 4.78 is 10.1. The van der Waals surface area contributed by atoms with E-state index in [-0.39, 0.29) is 30.5 Å². The summed E-state index contributed by atoms with van der Waals surface area (Å²) in [6, 6.07) is 0. The van der Waals surface area contributed by atoms with Gasteiger partial charge in [0, 0.05) is 17.9 Å². The van der Waals surface area contributed by atoms with Crippen LogP contribution in [0, 0.1) is 11.8 Å². The Bertz CT molecular complexity index is 463. The van der Waals surface area contributed by atoms with Crippen LogP contribution in [0.15, 0.2) is 24.3 Å². The Hall–Kier alpha value is -1.62. The van der Waals surface area contributed by atoms with E-state index in [0.717, 1.165) is 0 Å². The molecule has 1 N–H and O–H groups in total. The van der Waals surface area contributed by atoms with Crippen molar-refractivity contribution in [2.45, 2.75) is 38.4 Å². The maximum atomic E-state index is 11.3. The highest BCUT2D eigenvalue weighted by Crippen LogP contribution is 2.29. The predicted octanol–water partition coefficient (Wildman–Crippen LogP) is 1.36. The summed E-state index contributed by atoms with van der Waals surface area (Å²) in [7, 11) is 0. The van der Waals surface area contributed by atoms with Gasteiger partial charge in [-0.1, -0.05) is 25.7 Å². The summed E-state index contributed by atoms with van der Waals surface area (Å²) in [6.45, 7) is 7.40. The minimum Gasteiger partial charge on any atom is -0.462 e. The molecule has 2 fully saturated rings. The fourth-order valence-corrected chi connectivity index (χ4v) is 2.48. The van der Waals surface area contributed by atoms with E-state index < -0.39 is 11.6 Å². The van der Waals surface area contributed by atoms with Crippen LogP contribution in [0.4, 0.5) is 0 Å². The summed E-state index contributed by atoms with van der Waals surface area (Å²) in [5, 5.41) is 10.3. The van der Waals surface area contributed by atoms with Gasteiger partial charge in [-0.2, -0.15) is 0 Å². The first-order valence-electron chi connectivity index (χ1n) is 6.76. The van der Waals surface area contributed by atoms with E-state index in [1.807, 2.05) is 6.92 Å². The largest absolute Gasteiger partial charge is 0.462 e. The van der Waals surface area contributed by atoms with Gasteiger partial charge in [0.25, 0.3) is 0 Å². The first kappa shape index (κ1) is 14.8. The van der Waals surface area contributed by atoms with E-state index in [1.54, 1.807) is 19.1 Å². The Morgan fingerprint density at radius 1 is 1.50 bits per heavy atom. The van der Waals surface area contributed by atoms with Gasteiger partial charge in [-0.3, -0.25) is 4.79 Å². The van der Waals surface area contributed by atoms with Crippen molar-refractivity contribution in [2.75, 3.05) is 6.61 Å². The quantitative estimate of drug-likeness (QED) is 0.478. The normalized spacial score (nSPS) is 33.4. The molecule has 0 saturated carbocycles. The molecule has 0 radical (unpaired) electrons. The van der Waals surface area contributed by atoms with Crippen molar-refractivity contribution in [3.05, 3.63) is 24.3 Å². The number of aliphatic hydroxyl groups is 1. The molecule has 5 nitrogen and oxygen atoms in total. The second-order valence-corrected chi connectivity index (χ2v) is 5.85. The van der Waals surface area contributed by atoms with E-state index in [4.69, 9.17) is 9.47 Å². The molecule has 0 bridgehead atoms. The molecular weight excluding hydrogens is 260 g/mol. The molecule has 0 unspecified atom stereocenters. The van der Waals surface area contributed by atoms with Gasteiger partial charge in [0.2, 0.25) is 0 Å². The van der Waals surface area contributed by atoms with Gasteiger partial charge in [0.05, 0.1) is 11.5 Å². The molecule has 2 aliphatic rings. The highest BCUT2D eigenvalue weighted by molar-refractivity contribution is 5.90. The lowest BCUT2D eigenvalue weighted by atomic mass is 9.92. The van der Waals surface area contributed by atoms with Crippen LogP contribution in [0.25, 0.3) is 0 Å². The van der Waals surface area contributed by atoms with Crippen LogP contribution in [0.1, 0.15) is 26.7 Å². The molecule has 5 heteroatoms. The summed E-state index contributed by atoms with van der Waals surface area (Å²) in [5.74, 6) is -0.907. The maximum Gasteiger partial charge on any atom is 0.334 e. The molecule has 0 aromatic rings. The molecule has 2 saturated heterocycles. The van der Waals surface area contributed by atoms with E-state index >= 15 is 0 Å². The highest BCUT2D eigenvalue weighted by Gasteiger charge is 2.35. The molecule has 4 atom stereocenters. The van der Waals surface area contributed by atoms with E-state index in [0.29, 0.717) is 18.4 Å². The molecule has 20 heavy (non-hydrogen) atoms. The van der Waals surface area contributed by atoms with Gasteiger partial charge >= 0.3 is 11.9 Å². The zero-order valence-electron chi connectivity index (χ0n) is 11.8. The lowest BCUT2D eigenvalue weighted by Gasteiger charge is -2.22. The number of hydrogen-bond donors (Lipinski definition) is 1. The van der Waals surface area contributed by atoms with E-state index in [1.165, 1.54) is 0 Å². The Labute approximate surface area is 118 Å². The van der Waals surface area contributed by atoms with Crippen molar-refractivity contribution in [1.29, 1.82) is 0 Å². The number of cyclic esters (lactones) is 2.